The van der Waals surface area contributed by atoms with E-state index < -0.39 is 5.82 Å². The Morgan fingerprint density at radius 3 is 2.42 bits per heavy atom. The molecular weight excluding hydrogens is 195 g/mol. The minimum absolute atomic E-state index is 0.148. The van der Waals surface area contributed by atoms with Gasteiger partial charge in [-0.3, -0.25) is 0 Å². The third-order valence-electron chi connectivity index (χ3n) is 1.63. The summed E-state index contributed by atoms with van der Waals surface area (Å²) >= 11 is 9.96. The fourth-order valence-electron chi connectivity index (χ4n) is 0.877. The average Bonchev–Trinajstić information content (AvgIpc) is 1.92. The van der Waals surface area contributed by atoms with Crippen LogP contribution in [0.4, 0.5) is 4.39 Å². The van der Waals surface area contributed by atoms with Crippen LogP contribution in [-0.4, -0.2) is 0 Å². The maximum absolute atomic E-state index is 12.7. The molecular formula is C9H10ClFS. The smallest absolute Gasteiger partial charge is 0.141 e. The van der Waals surface area contributed by atoms with Crippen molar-refractivity contribution >= 4 is 24.2 Å². The van der Waals surface area contributed by atoms with E-state index in [1.807, 2.05) is 13.8 Å². The summed E-state index contributed by atoms with van der Waals surface area (Å²) in [6.45, 7) is 3.86. The zero-order chi connectivity index (χ0) is 9.35. The van der Waals surface area contributed by atoms with E-state index in [1.165, 1.54) is 6.07 Å². The minimum Gasteiger partial charge on any atom is -0.205 e. The van der Waals surface area contributed by atoms with Crippen LogP contribution in [0.15, 0.2) is 18.2 Å². The molecule has 0 aliphatic rings. The molecule has 0 amide bonds. The Balaban J connectivity index is 3.14. The van der Waals surface area contributed by atoms with Crippen molar-refractivity contribution in [3.63, 3.8) is 0 Å². The number of halogens is 2. The van der Waals surface area contributed by atoms with Crippen LogP contribution in [0, 0.1) is 5.82 Å². The van der Waals surface area contributed by atoms with Gasteiger partial charge >= 0.3 is 0 Å². The SMILES string of the molecule is CC(C)(S)c1ccc(F)c(Cl)c1. The molecule has 0 aliphatic heterocycles. The average molecular weight is 205 g/mol. The first-order valence-corrected chi connectivity index (χ1v) is 4.41. The van der Waals surface area contributed by atoms with Crippen molar-refractivity contribution in [2.75, 3.05) is 0 Å². The monoisotopic (exact) mass is 204 g/mol. The molecule has 0 atom stereocenters. The predicted octanol–water partition coefficient (Wildman–Crippen LogP) is 3.64. The van der Waals surface area contributed by atoms with Crippen LogP contribution in [0.2, 0.25) is 5.02 Å². The maximum atomic E-state index is 12.7. The molecule has 1 aromatic carbocycles. The van der Waals surface area contributed by atoms with Gasteiger partial charge in [0.25, 0.3) is 0 Å². The molecule has 0 saturated carbocycles. The van der Waals surface area contributed by atoms with Gasteiger partial charge in [0.1, 0.15) is 5.82 Å². The van der Waals surface area contributed by atoms with Gasteiger partial charge in [0, 0.05) is 4.75 Å². The Kier molecular flexibility index (Phi) is 2.69. The molecule has 0 unspecified atom stereocenters. The molecule has 0 N–H and O–H groups in total. The molecule has 0 saturated heterocycles. The van der Waals surface area contributed by atoms with Gasteiger partial charge < -0.3 is 0 Å². The zero-order valence-corrected chi connectivity index (χ0v) is 8.59. The van der Waals surface area contributed by atoms with Gasteiger partial charge in [0.15, 0.2) is 0 Å². The number of thiol groups is 1. The molecule has 0 radical (unpaired) electrons. The first-order chi connectivity index (χ1) is 5.41. The highest BCUT2D eigenvalue weighted by Gasteiger charge is 2.15. The Bertz CT molecular complexity index is 291. The fourth-order valence-corrected chi connectivity index (χ4v) is 1.20. The fraction of sp³-hybridized carbons (Fsp3) is 0.333. The lowest BCUT2D eigenvalue weighted by atomic mass is 10.0. The molecule has 12 heavy (non-hydrogen) atoms. The number of benzene rings is 1. The van der Waals surface area contributed by atoms with Crippen molar-refractivity contribution < 1.29 is 4.39 Å². The van der Waals surface area contributed by atoms with Crippen molar-refractivity contribution in [3.05, 3.63) is 34.6 Å². The lowest BCUT2D eigenvalue weighted by Crippen LogP contribution is -2.07. The highest BCUT2D eigenvalue weighted by Crippen LogP contribution is 2.29. The Hall–Kier alpha value is -0.210. The van der Waals surface area contributed by atoms with Crippen LogP contribution in [0.1, 0.15) is 19.4 Å². The van der Waals surface area contributed by atoms with E-state index in [9.17, 15) is 4.39 Å². The second-order valence-electron chi connectivity index (χ2n) is 3.19. The lowest BCUT2D eigenvalue weighted by molar-refractivity contribution is 0.626. The lowest BCUT2D eigenvalue weighted by Gasteiger charge is -2.17. The molecule has 0 spiro atoms. The van der Waals surface area contributed by atoms with Gasteiger partial charge in [-0.05, 0) is 31.5 Å². The van der Waals surface area contributed by atoms with E-state index in [4.69, 9.17) is 11.6 Å². The molecule has 0 heterocycles. The molecule has 0 nitrogen and oxygen atoms in total. The maximum Gasteiger partial charge on any atom is 0.141 e. The molecule has 0 aliphatic carbocycles. The standard InChI is InChI=1S/C9H10ClFS/c1-9(2,12)6-3-4-8(11)7(10)5-6/h3-5,12H,1-2H3. The summed E-state index contributed by atoms with van der Waals surface area (Å²) in [7, 11) is 0. The van der Waals surface area contributed by atoms with Crippen LogP contribution in [0.5, 0.6) is 0 Å². The van der Waals surface area contributed by atoms with Crippen LogP contribution in [-0.2, 0) is 4.75 Å². The Labute approximate surface area is 82.2 Å². The van der Waals surface area contributed by atoms with Gasteiger partial charge in [-0.25, -0.2) is 4.39 Å². The summed E-state index contributed by atoms with van der Waals surface area (Å²) in [6, 6.07) is 4.65. The highest BCUT2D eigenvalue weighted by molar-refractivity contribution is 7.81. The quantitative estimate of drug-likeness (QED) is 0.664. The van der Waals surface area contributed by atoms with Crippen molar-refractivity contribution in [2.45, 2.75) is 18.6 Å². The number of hydrogen-bond donors (Lipinski definition) is 1. The highest BCUT2D eigenvalue weighted by atomic mass is 35.5. The zero-order valence-electron chi connectivity index (χ0n) is 6.94. The van der Waals surface area contributed by atoms with E-state index >= 15 is 0 Å². The van der Waals surface area contributed by atoms with Crippen molar-refractivity contribution in [2.24, 2.45) is 0 Å². The minimum atomic E-state index is -0.391. The summed E-state index contributed by atoms with van der Waals surface area (Å²) in [5.41, 5.74) is 0.914. The third kappa shape index (κ3) is 2.14. The number of rotatable bonds is 1. The van der Waals surface area contributed by atoms with Crippen LogP contribution in [0.25, 0.3) is 0 Å². The molecule has 1 aromatic rings. The van der Waals surface area contributed by atoms with Crippen LogP contribution in [0.3, 0.4) is 0 Å². The van der Waals surface area contributed by atoms with Gasteiger partial charge in [-0.15, -0.1) is 0 Å². The number of hydrogen-bond acceptors (Lipinski definition) is 1. The summed E-state index contributed by atoms with van der Waals surface area (Å²) < 4.78 is 12.4. The summed E-state index contributed by atoms with van der Waals surface area (Å²) in [4.78, 5) is 0. The summed E-state index contributed by atoms with van der Waals surface area (Å²) in [5, 5.41) is 0.148. The molecule has 3 heteroatoms. The van der Waals surface area contributed by atoms with Gasteiger partial charge in [-0.1, -0.05) is 17.7 Å². The van der Waals surface area contributed by atoms with Crippen molar-refractivity contribution in [1.82, 2.24) is 0 Å². The van der Waals surface area contributed by atoms with Crippen molar-refractivity contribution in [3.8, 4) is 0 Å². The van der Waals surface area contributed by atoms with Gasteiger partial charge in [0.05, 0.1) is 5.02 Å². The van der Waals surface area contributed by atoms with E-state index in [1.54, 1.807) is 12.1 Å². The van der Waals surface area contributed by atoms with E-state index in [-0.39, 0.29) is 9.77 Å². The van der Waals surface area contributed by atoms with Crippen LogP contribution >= 0.6 is 24.2 Å². The Morgan fingerprint density at radius 2 is 2.00 bits per heavy atom. The molecule has 0 fully saturated rings. The third-order valence-corrected chi connectivity index (χ3v) is 2.17. The topological polar surface area (TPSA) is 0 Å². The molecule has 0 bridgehead atoms. The summed E-state index contributed by atoms with van der Waals surface area (Å²) in [6.07, 6.45) is 0. The van der Waals surface area contributed by atoms with Crippen LogP contribution < -0.4 is 0 Å². The molecule has 0 aromatic heterocycles. The first-order valence-electron chi connectivity index (χ1n) is 3.59. The van der Waals surface area contributed by atoms with Crippen molar-refractivity contribution in [1.29, 1.82) is 0 Å². The second kappa shape index (κ2) is 3.27. The first kappa shape index (κ1) is 9.87. The molecule has 1 rings (SSSR count). The van der Waals surface area contributed by atoms with Gasteiger partial charge in [-0.2, -0.15) is 12.6 Å². The normalized spacial score (nSPS) is 11.8. The van der Waals surface area contributed by atoms with Gasteiger partial charge in [0.2, 0.25) is 0 Å². The van der Waals surface area contributed by atoms with E-state index in [2.05, 4.69) is 12.6 Å². The largest absolute Gasteiger partial charge is 0.205 e. The van der Waals surface area contributed by atoms with E-state index in [0.29, 0.717) is 0 Å². The van der Waals surface area contributed by atoms with E-state index in [0.717, 1.165) is 5.56 Å². The predicted molar refractivity (Wildman–Crippen MR) is 53.4 cm³/mol. The second-order valence-corrected chi connectivity index (χ2v) is 4.71. The molecule has 66 valence electrons. The summed E-state index contributed by atoms with van der Waals surface area (Å²) in [5.74, 6) is -0.391. The Morgan fingerprint density at radius 1 is 1.42 bits per heavy atom.